The largest absolute Gasteiger partial charge is 0.465 e. The molecule has 6 heteroatoms. The van der Waals surface area contributed by atoms with E-state index in [1.54, 1.807) is 18.3 Å². The molecule has 0 aliphatic heterocycles. The smallest absolute Gasteiger partial charge is 0.320 e. The molecule has 108 valence electrons. The molecule has 20 heavy (non-hydrogen) atoms. The first kappa shape index (κ1) is 14.7. The minimum absolute atomic E-state index is 0.227. The zero-order chi connectivity index (χ0) is 14.5. The minimum Gasteiger partial charge on any atom is -0.465 e. The van der Waals surface area contributed by atoms with E-state index in [9.17, 15) is 4.79 Å². The number of oxazole rings is 1. The van der Waals surface area contributed by atoms with Gasteiger partial charge in [0, 0.05) is 6.54 Å². The number of hydrogen-bond acceptors (Lipinski definition) is 6. The molecule has 0 atom stereocenters. The van der Waals surface area contributed by atoms with Crippen LogP contribution in [0.25, 0.3) is 10.8 Å². The maximum absolute atomic E-state index is 11.4. The first-order chi connectivity index (χ1) is 9.60. The van der Waals surface area contributed by atoms with Crippen molar-refractivity contribution in [2.45, 2.75) is 20.4 Å². The average Bonchev–Trinajstić information content (AvgIpc) is 3.00. The van der Waals surface area contributed by atoms with E-state index in [0.29, 0.717) is 19.0 Å². The highest BCUT2D eigenvalue weighted by molar-refractivity contribution is 7.13. The molecule has 2 heterocycles. The van der Waals surface area contributed by atoms with Crippen molar-refractivity contribution in [3.63, 3.8) is 0 Å². The first-order valence-corrected chi connectivity index (χ1v) is 7.32. The molecule has 2 aromatic rings. The molecule has 0 aromatic carbocycles. The monoisotopic (exact) mass is 294 g/mol. The van der Waals surface area contributed by atoms with E-state index >= 15 is 0 Å². The van der Waals surface area contributed by atoms with Crippen molar-refractivity contribution in [2.24, 2.45) is 0 Å². The van der Waals surface area contributed by atoms with Crippen molar-refractivity contribution in [2.75, 3.05) is 20.2 Å². The van der Waals surface area contributed by atoms with Gasteiger partial charge in [0.25, 0.3) is 0 Å². The zero-order valence-corrected chi connectivity index (χ0v) is 12.7. The SMILES string of the molecule is CCOC(=O)CN(C)Cc1nc(-c2cccs2)oc1C. The van der Waals surface area contributed by atoms with Crippen molar-refractivity contribution < 1.29 is 13.9 Å². The summed E-state index contributed by atoms with van der Waals surface area (Å²) in [6, 6.07) is 3.94. The van der Waals surface area contributed by atoms with E-state index in [-0.39, 0.29) is 12.5 Å². The van der Waals surface area contributed by atoms with Crippen LogP contribution in [0.2, 0.25) is 0 Å². The Hall–Kier alpha value is -1.66. The summed E-state index contributed by atoms with van der Waals surface area (Å²) in [5, 5.41) is 1.99. The van der Waals surface area contributed by atoms with Crippen LogP contribution < -0.4 is 0 Å². The van der Waals surface area contributed by atoms with Crippen LogP contribution in [0.1, 0.15) is 18.4 Å². The van der Waals surface area contributed by atoms with Gasteiger partial charge in [0.2, 0.25) is 5.89 Å². The number of carbonyl (C=O) groups is 1. The van der Waals surface area contributed by atoms with E-state index in [4.69, 9.17) is 9.15 Å². The third-order valence-corrected chi connectivity index (χ3v) is 3.61. The van der Waals surface area contributed by atoms with Gasteiger partial charge in [0.05, 0.1) is 23.7 Å². The molecule has 2 aromatic heterocycles. The molecule has 5 nitrogen and oxygen atoms in total. The Morgan fingerprint density at radius 2 is 2.35 bits per heavy atom. The Labute approximate surface area is 122 Å². The van der Waals surface area contributed by atoms with E-state index in [1.807, 2.05) is 36.4 Å². The van der Waals surface area contributed by atoms with Gasteiger partial charge in [-0.15, -0.1) is 11.3 Å². The lowest BCUT2D eigenvalue weighted by molar-refractivity contribution is -0.144. The Morgan fingerprint density at radius 3 is 3.00 bits per heavy atom. The summed E-state index contributed by atoms with van der Waals surface area (Å²) in [7, 11) is 1.86. The molecule has 0 amide bonds. The van der Waals surface area contributed by atoms with E-state index in [2.05, 4.69) is 4.98 Å². The Bertz CT molecular complexity index is 563. The van der Waals surface area contributed by atoms with Gasteiger partial charge in [-0.3, -0.25) is 9.69 Å². The minimum atomic E-state index is -0.227. The maximum Gasteiger partial charge on any atom is 0.320 e. The number of aryl methyl sites for hydroxylation is 1. The van der Waals surface area contributed by atoms with Crippen molar-refractivity contribution in [1.82, 2.24) is 9.88 Å². The van der Waals surface area contributed by atoms with Gasteiger partial charge in [-0.1, -0.05) is 6.07 Å². The van der Waals surface area contributed by atoms with Gasteiger partial charge in [-0.25, -0.2) is 4.98 Å². The molecule has 0 saturated heterocycles. The van der Waals surface area contributed by atoms with Crippen LogP contribution in [-0.2, 0) is 16.1 Å². The Balaban J connectivity index is 2.01. The average molecular weight is 294 g/mol. The second-order valence-electron chi connectivity index (χ2n) is 4.48. The maximum atomic E-state index is 11.4. The molecular formula is C14H18N2O3S. The summed E-state index contributed by atoms with van der Waals surface area (Å²) < 4.78 is 10.6. The predicted molar refractivity (Wildman–Crippen MR) is 77.5 cm³/mol. The number of thiophene rings is 1. The van der Waals surface area contributed by atoms with E-state index in [0.717, 1.165) is 16.3 Å². The molecule has 0 spiro atoms. The topological polar surface area (TPSA) is 55.6 Å². The number of likely N-dealkylation sites (N-methyl/N-ethyl adjacent to an activating group) is 1. The molecule has 0 unspecified atom stereocenters. The Morgan fingerprint density at radius 1 is 1.55 bits per heavy atom. The number of aromatic nitrogens is 1. The summed E-state index contributed by atoms with van der Waals surface area (Å²) in [6.45, 7) is 4.89. The fourth-order valence-electron chi connectivity index (χ4n) is 1.82. The lowest BCUT2D eigenvalue weighted by Gasteiger charge is -2.13. The quantitative estimate of drug-likeness (QED) is 0.767. The third-order valence-electron chi connectivity index (χ3n) is 2.75. The highest BCUT2D eigenvalue weighted by Crippen LogP contribution is 2.26. The van der Waals surface area contributed by atoms with Crippen LogP contribution in [-0.4, -0.2) is 36.1 Å². The summed E-state index contributed by atoms with van der Waals surface area (Å²) >= 11 is 1.59. The lowest BCUT2D eigenvalue weighted by atomic mass is 10.3. The van der Waals surface area contributed by atoms with Crippen molar-refractivity contribution in [3.05, 3.63) is 29.0 Å². The fourth-order valence-corrected chi connectivity index (χ4v) is 2.47. The molecular weight excluding hydrogens is 276 g/mol. The van der Waals surface area contributed by atoms with Gasteiger partial charge in [-0.05, 0) is 32.3 Å². The second kappa shape index (κ2) is 6.67. The standard InChI is InChI=1S/C14H18N2O3S/c1-4-18-13(17)9-16(3)8-11-10(2)19-14(15-11)12-6-5-7-20-12/h5-7H,4,8-9H2,1-3H3. The van der Waals surface area contributed by atoms with Crippen LogP contribution in [0.5, 0.6) is 0 Å². The summed E-state index contributed by atoms with van der Waals surface area (Å²) in [6.07, 6.45) is 0. The number of ether oxygens (including phenoxy) is 1. The fraction of sp³-hybridized carbons (Fsp3) is 0.429. The lowest BCUT2D eigenvalue weighted by Crippen LogP contribution is -2.27. The van der Waals surface area contributed by atoms with Gasteiger partial charge in [-0.2, -0.15) is 0 Å². The summed E-state index contributed by atoms with van der Waals surface area (Å²) in [5.74, 6) is 1.19. The highest BCUT2D eigenvalue weighted by atomic mass is 32.1. The normalized spacial score (nSPS) is 11.0. The van der Waals surface area contributed by atoms with Crippen LogP contribution in [0.3, 0.4) is 0 Å². The van der Waals surface area contributed by atoms with E-state index < -0.39 is 0 Å². The summed E-state index contributed by atoms with van der Waals surface area (Å²) in [5.41, 5.74) is 0.847. The number of carbonyl (C=O) groups excluding carboxylic acids is 1. The van der Waals surface area contributed by atoms with Crippen LogP contribution in [0.15, 0.2) is 21.9 Å². The molecule has 0 aliphatic carbocycles. The number of rotatable bonds is 6. The third kappa shape index (κ3) is 3.68. The number of esters is 1. The number of hydrogen-bond donors (Lipinski definition) is 0. The molecule has 0 N–H and O–H groups in total. The zero-order valence-electron chi connectivity index (χ0n) is 11.9. The highest BCUT2D eigenvalue weighted by Gasteiger charge is 2.15. The molecule has 0 saturated carbocycles. The van der Waals surface area contributed by atoms with Crippen molar-refractivity contribution in [3.8, 4) is 10.8 Å². The Kier molecular flexibility index (Phi) is 4.92. The van der Waals surface area contributed by atoms with Crippen LogP contribution >= 0.6 is 11.3 Å². The molecule has 0 radical (unpaired) electrons. The van der Waals surface area contributed by atoms with Gasteiger partial charge < -0.3 is 9.15 Å². The molecule has 2 rings (SSSR count). The molecule has 0 aliphatic rings. The van der Waals surface area contributed by atoms with Crippen molar-refractivity contribution in [1.29, 1.82) is 0 Å². The van der Waals surface area contributed by atoms with Gasteiger partial charge in [0.15, 0.2) is 0 Å². The second-order valence-corrected chi connectivity index (χ2v) is 5.42. The number of nitrogens with zero attached hydrogens (tertiary/aromatic N) is 2. The van der Waals surface area contributed by atoms with Gasteiger partial charge >= 0.3 is 5.97 Å². The first-order valence-electron chi connectivity index (χ1n) is 6.44. The molecule has 0 fully saturated rings. The van der Waals surface area contributed by atoms with E-state index in [1.165, 1.54) is 0 Å². The summed E-state index contributed by atoms with van der Waals surface area (Å²) in [4.78, 5) is 18.8. The van der Waals surface area contributed by atoms with Crippen LogP contribution in [0.4, 0.5) is 0 Å². The predicted octanol–water partition coefficient (Wildman–Crippen LogP) is 2.71. The molecule has 0 bridgehead atoms. The van der Waals surface area contributed by atoms with Crippen molar-refractivity contribution >= 4 is 17.3 Å². The van der Waals surface area contributed by atoms with Gasteiger partial charge in [0.1, 0.15) is 5.76 Å². The van der Waals surface area contributed by atoms with Crippen LogP contribution in [0, 0.1) is 6.92 Å².